The maximum atomic E-state index is 11.9. The molecule has 1 heterocycles. The van der Waals surface area contributed by atoms with Crippen molar-refractivity contribution >= 4 is 18.3 Å². The summed E-state index contributed by atoms with van der Waals surface area (Å²) in [6.07, 6.45) is 2.30. The predicted octanol–water partition coefficient (Wildman–Crippen LogP) is 1.32. The highest BCUT2D eigenvalue weighted by Gasteiger charge is 2.25. The fourth-order valence-corrected chi connectivity index (χ4v) is 2.19. The van der Waals surface area contributed by atoms with Gasteiger partial charge in [-0.15, -0.1) is 12.4 Å². The molecule has 18 heavy (non-hydrogen) atoms. The third-order valence-corrected chi connectivity index (χ3v) is 3.78. The number of hydrogen-bond acceptors (Lipinski definition) is 3. The monoisotopic (exact) mass is 278 g/mol. The number of carbonyl (C=O) groups is 1. The molecular weight excluding hydrogens is 252 g/mol. The first-order valence-electron chi connectivity index (χ1n) is 6.73. The number of aliphatic hydroxyl groups is 1. The van der Waals surface area contributed by atoms with Crippen molar-refractivity contribution in [3.05, 3.63) is 0 Å². The van der Waals surface area contributed by atoms with Crippen molar-refractivity contribution < 1.29 is 9.90 Å². The average molecular weight is 279 g/mol. The van der Waals surface area contributed by atoms with E-state index >= 15 is 0 Å². The molecule has 2 unspecified atom stereocenters. The fraction of sp³-hybridized carbons (Fsp3) is 0.923. The molecule has 3 N–H and O–H groups in total. The van der Waals surface area contributed by atoms with E-state index < -0.39 is 6.10 Å². The molecule has 5 heteroatoms. The topological polar surface area (TPSA) is 61.4 Å². The quantitative estimate of drug-likeness (QED) is 0.711. The van der Waals surface area contributed by atoms with Crippen molar-refractivity contribution in [2.24, 2.45) is 11.8 Å². The summed E-state index contributed by atoms with van der Waals surface area (Å²) in [6.45, 7) is 7.44. The summed E-state index contributed by atoms with van der Waals surface area (Å²) < 4.78 is 0. The molecule has 0 aromatic rings. The van der Waals surface area contributed by atoms with Gasteiger partial charge in [-0.1, -0.05) is 20.3 Å². The normalized spacial score (nSPS) is 26.9. The first kappa shape index (κ1) is 17.7. The van der Waals surface area contributed by atoms with Crippen LogP contribution in [0.3, 0.4) is 0 Å². The van der Waals surface area contributed by atoms with Gasteiger partial charge < -0.3 is 15.7 Å². The van der Waals surface area contributed by atoms with Crippen LogP contribution in [0.15, 0.2) is 0 Å². The maximum absolute atomic E-state index is 11.9. The summed E-state index contributed by atoms with van der Waals surface area (Å²) in [5.74, 6) is 0.443. The van der Waals surface area contributed by atoms with E-state index in [0.717, 1.165) is 25.8 Å². The number of piperidine rings is 1. The molecule has 0 saturated carbocycles. The molecule has 108 valence electrons. The summed E-state index contributed by atoms with van der Waals surface area (Å²) in [4.78, 5) is 11.9. The minimum Gasteiger partial charge on any atom is -0.391 e. The largest absolute Gasteiger partial charge is 0.391 e. The van der Waals surface area contributed by atoms with Gasteiger partial charge in [0.2, 0.25) is 5.91 Å². The van der Waals surface area contributed by atoms with Crippen LogP contribution in [0.1, 0.15) is 40.0 Å². The van der Waals surface area contributed by atoms with Crippen LogP contribution < -0.4 is 10.6 Å². The Morgan fingerprint density at radius 1 is 1.56 bits per heavy atom. The number of amides is 1. The zero-order chi connectivity index (χ0) is 12.8. The van der Waals surface area contributed by atoms with E-state index in [9.17, 15) is 9.90 Å². The van der Waals surface area contributed by atoms with Crippen molar-refractivity contribution in [3.8, 4) is 0 Å². The van der Waals surface area contributed by atoms with E-state index in [0.29, 0.717) is 12.6 Å². The molecule has 1 aliphatic heterocycles. The Labute approximate surface area is 116 Å². The van der Waals surface area contributed by atoms with Crippen molar-refractivity contribution in [1.82, 2.24) is 10.6 Å². The lowest BCUT2D eigenvalue weighted by Crippen LogP contribution is -2.44. The van der Waals surface area contributed by atoms with E-state index in [1.54, 1.807) is 0 Å². The molecular formula is C13H27ClN2O2. The Morgan fingerprint density at radius 3 is 2.78 bits per heavy atom. The van der Waals surface area contributed by atoms with Crippen molar-refractivity contribution in [2.45, 2.75) is 52.2 Å². The lowest BCUT2D eigenvalue weighted by Gasteiger charge is -2.27. The van der Waals surface area contributed by atoms with Gasteiger partial charge in [-0.25, -0.2) is 0 Å². The molecule has 1 rings (SSSR count). The summed E-state index contributed by atoms with van der Waals surface area (Å²) in [7, 11) is 0. The smallest absolute Gasteiger partial charge is 0.223 e. The number of aliphatic hydroxyl groups excluding tert-OH is 1. The predicted molar refractivity (Wildman–Crippen MR) is 75.9 cm³/mol. The van der Waals surface area contributed by atoms with E-state index in [1.165, 1.54) is 0 Å². The lowest BCUT2D eigenvalue weighted by molar-refractivity contribution is -0.126. The van der Waals surface area contributed by atoms with E-state index in [-0.39, 0.29) is 30.2 Å². The van der Waals surface area contributed by atoms with Crippen LogP contribution in [0.2, 0.25) is 0 Å². The van der Waals surface area contributed by atoms with Crippen molar-refractivity contribution in [3.63, 3.8) is 0 Å². The highest BCUT2D eigenvalue weighted by atomic mass is 35.5. The minimum atomic E-state index is -0.428. The average Bonchev–Trinajstić information content (AvgIpc) is 2.34. The van der Waals surface area contributed by atoms with Crippen molar-refractivity contribution in [2.75, 3.05) is 13.1 Å². The second kappa shape index (κ2) is 8.73. The number of rotatable bonds is 5. The Morgan fingerprint density at radius 2 is 2.22 bits per heavy atom. The maximum Gasteiger partial charge on any atom is 0.223 e. The zero-order valence-electron chi connectivity index (χ0n) is 11.6. The summed E-state index contributed by atoms with van der Waals surface area (Å²) >= 11 is 0. The van der Waals surface area contributed by atoms with Gasteiger partial charge >= 0.3 is 0 Å². The van der Waals surface area contributed by atoms with Crippen LogP contribution in [0, 0.1) is 11.8 Å². The molecule has 0 spiro atoms. The zero-order valence-corrected chi connectivity index (χ0v) is 12.4. The van der Waals surface area contributed by atoms with Gasteiger partial charge in [0.05, 0.1) is 6.10 Å². The molecule has 1 fully saturated rings. The SMILES string of the molecule is CCC(C)C(O)CNC(=O)[C@H]1CCN[C@@H](C)C1.Cl. The molecule has 4 atom stereocenters. The second-order valence-corrected chi connectivity index (χ2v) is 5.27. The van der Waals surface area contributed by atoms with Crippen LogP contribution in [0.25, 0.3) is 0 Å². The third kappa shape index (κ3) is 5.55. The van der Waals surface area contributed by atoms with E-state index in [4.69, 9.17) is 0 Å². The molecule has 4 nitrogen and oxygen atoms in total. The molecule has 0 aromatic heterocycles. The summed E-state index contributed by atoms with van der Waals surface area (Å²) in [5, 5.41) is 16.0. The van der Waals surface area contributed by atoms with Gasteiger partial charge in [0.15, 0.2) is 0 Å². The van der Waals surface area contributed by atoms with Gasteiger partial charge in [0.1, 0.15) is 0 Å². The lowest BCUT2D eigenvalue weighted by atomic mass is 9.92. The number of hydrogen-bond donors (Lipinski definition) is 3. The Bertz CT molecular complexity index is 251. The van der Waals surface area contributed by atoms with E-state index in [2.05, 4.69) is 17.6 Å². The second-order valence-electron chi connectivity index (χ2n) is 5.27. The Balaban J connectivity index is 0.00000289. The van der Waals surface area contributed by atoms with Gasteiger partial charge in [-0.2, -0.15) is 0 Å². The van der Waals surface area contributed by atoms with Crippen LogP contribution in [-0.2, 0) is 4.79 Å². The van der Waals surface area contributed by atoms with Crippen LogP contribution in [-0.4, -0.2) is 36.2 Å². The Kier molecular flexibility index (Phi) is 8.57. The minimum absolute atomic E-state index is 0. The summed E-state index contributed by atoms with van der Waals surface area (Å²) in [6, 6.07) is 0.416. The van der Waals surface area contributed by atoms with Crippen LogP contribution >= 0.6 is 12.4 Å². The first-order valence-corrected chi connectivity index (χ1v) is 6.73. The standard InChI is InChI=1S/C13H26N2O2.ClH/c1-4-9(2)12(16)8-15-13(17)11-5-6-14-10(3)7-11;/h9-12,14,16H,4-8H2,1-3H3,(H,15,17);1H/t9?,10-,11-,12?;/m0./s1. The van der Waals surface area contributed by atoms with Crippen LogP contribution in [0.4, 0.5) is 0 Å². The van der Waals surface area contributed by atoms with Gasteiger partial charge in [-0.3, -0.25) is 4.79 Å². The fourth-order valence-electron chi connectivity index (χ4n) is 2.19. The molecule has 0 aromatic carbocycles. The molecule has 1 saturated heterocycles. The van der Waals surface area contributed by atoms with E-state index in [1.807, 2.05) is 13.8 Å². The Hall–Kier alpha value is -0.320. The molecule has 0 bridgehead atoms. The highest BCUT2D eigenvalue weighted by Crippen LogP contribution is 2.16. The first-order chi connectivity index (χ1) is 8.04. The molecule has 1 amide bonds. The molecule has 1 aliphatic rings. The number of carbonyl (C=O) groups excluding carboxylic acids is 1. The molecule has 0 aliphatic carbocycles. The van der Waals surface area contributed by atoms with Crippen LogP contribution in [0.5, 0.6) is 0 Å². The summed E-state index contributed by atoms with van der Waals surface area (Å²) in [5.41, 5.74) is 0. The van der Waals surface area contributed by atoms with Gasteiger partial charge in [-0.05, 0) is 32.2 Å². The van der Waals surface area contributed by atoms with Gasteiger partial charge in [0.25, 0.3) is 0 Å². The van der Waals surface area contributed by atoms with Crippen molar-refractivity contribution in [1.29, 1.82) is 0 Å². The third-order valence-electron chi connectivity index (χ3n) is 3.78. The number of nitrogens with one attached hydrogen (secondary N) is 2. The number of halogens is 1. The molecule has 0 radical (unpaired) electrons. The highest BCUT2D eigenvalue weighted by molar-refractivity contribution is 5.85. The van der Waals surface area contributed by atoms with Gasteiger partial charge in [0, 0.05) is 18.5 Å².